The number of rotatable bonds is 4. The second-order valence-corrected chi connectivity index (χ2v) is 6.20. The monoisotopic (exact) mass is 329 g/mol. The van der Waals surface area contributed by atoms with Gasteiger partial charge in [-0.05, 0) is 30.7 Å². The number of allylic oxidation sites excluding steroid dienone is 2. The summed E-state index contributed by atoms with van der Waals surface area (Å²) in [5.74, 6) is -1.53. The zero-order valence-corrected chi connectivity index (χ0v) is 13.5. The van der Waals surface area contributed by atoms with Crippen LogP contribution in [0.15, 0.2) is 54.6 Å². The summed E-state index contributed by atoms with van der Waals surface area (Å²) in [5.41, 5.74) is 1.52. The van der Waals surface area contributed by atoms with Gasteiger partial charge in [0.05, 0.1) is 5.69 Å². The maximum atomic E-state index is 13.9. The zero-order valence-electron chi connectivity index (χ0n) is 13.5. The third kappa shape index (κ3) is 3.94. The van der Waals surface area contributed by atoms with Gasteiger partial charge in [0, 0.05) is 25.2 Å². The van der Waals surface area contributed by atoms with Crippen molar-refractivity contribution in [3.05, 3.63) is 71.8 Å². The molecule has 0 atom stereocenters. The van der Waals surface area contributed by atoms with Gasteiger partial charge in [-0.1, -0.05) is 42.5 Å². The van der Waals surface area contributed by atoms with Crippen LogP contribution < -0.4 is 4.90 Å². The largest absolute Gasteiger partial charge is 0.505 e. The molecule has 24 heavy (non-hydrogen) atoms. The van der Waals surface area contributed by atoms with Crippen LogP contribution in [0.3, 0.4) is 0 Å². The van der Waals surface area contributed by atoms with E-state index >= 15 is 0 Å². The number of phenols is 1. The van der Waals surface area contributed by atoms with Crippen molar-refractivity contribution >= 4 is 5.69 Å². The highest BCUT2D eigenvalue weighted by Gasteiger charge is 2.21. The van der Waals surface area contributed by atoms with Gasteiger partial charge in [0.15, 0.2) is 11.6 Å². The molecule has 4 heteroatoms. The average Bonchev–Trinajstić information content (AvgIpc) is 2.60. The van der Waals surface area contributed by atoms with E-state index in [1.807, 2.05) is 23.1 Å². The topological polar surface area (TPSA) is 23.5 Å². The van der Waals surface area contributed by atoms with Crippen LogP contribution in [0.2, 0.25) is 0 Å². The smallest absolute Gasteiger partial charge is 0.167 e. The summed E-state index contributed by atoms with van der Waals surface area (Å²) < 4.78 is 27.4. The molecule has 126 valence electrons. The number of benzene rings is 2. The molecule has 2 aromatic rings. The number of piperidine rings is 1. The third-order valence-corrected chi connectivity index (χ3v) is 4.50. The van der Waals surface area contributed by atoms with Crippen LogP contribution in [0.4, 0.5) is 14.5 Å². The molecule has 0 aliphatic carbocycles. The van der Waals surface area contributed by atoms with Gasteiger partial charge in [0.25, 0.3) is 0 Å². The van der Waals surface area contributed by atoms with Gasteiger partial charge in [-0.15, -0.1) is 0 Å². The van der Waals surface area contributed by atoms with Gasteiger partial charge in [0.1, 0.15) is 5.82 Å². The lowest BCUT2D eigenvalue weighted by Gasteiger charge is -2.32. The molecule has 3 rings (SSSR count). The van der Waals surface area contributed by atoms with Crippen molar-refractivity contribution in [2.24, 2.45) is 5.92 Å². The van der Waals surface area contributed by atoms with Gasteiger partial charge in [-0.2, -0.15) is 0 Å². The number of hydrogen-bond donors (Lipinski definition) is 1. The number of anilines is 1. The lowest BCUT2D eigenvalue weighted by molar-refractivity contribution is 0.424. The summed E-state index contributed by atoms with van der Waals surface area (Å²) in [7, 11) is 0. The van der Waals surface area contributed by atoms with Crippen LogP contribution in [0.25, 0.3) is 0 Å². The van der Waals surface area contributed by atoms with Crippen LogP contribution >= 0.6 is 0 Å². The van der Waals surface area contributed by atoms with Crippen molar-refractivity contribution in [2.75, 3.05) is 18.0 Å². The van der Waals surface area contributed by atoms with E-state index in [9.17, 15) is 13.9 Å². The maximum Gasteiger partial charge on any atom is 0.167 e. The maximum absolute atomic E-state index is 13.9. The third-order valence-electron chi connectivity index (χ3n) is 4.50. The van der Waals surface area contributed by atoms with E-state index in [2.05, 4.69) is 24.3 Å². The van der Waals surface area contributed by atoms with Gasteiger partial charge < -0.3 is 10.0 Å². The minimum absolute atomic E-state index is 0.233. The fourth-order valence-corrected chi connectivity index (χ4v) is 3.11. The van der Waals surface area contributed by atoms with Gasteiger partial charge in [-0.3, -0.25) is 0 Å². The summed E-state index contributed by atoms with van der Waals surface area (Å²) in [6.07, 6.45) is 7.16. The molecule has 1 N–H and O–H groups in total. The van der Waals surface area contributed by atoms with E-state index in [-0.39, 0.29) is 5.69 Å². The van der Waals surface area contributed by atoms with Gasteiger partial charge in [0.2, 0.25) is 0 Å². The van der Waals surface area contributed by atoms with E-state index < -0.39 is 17.4 Å². The molecule has 0 aromatic heterocycles. The van der Waals surface area contributed by atoms with Crippen molar-refractivity contribution in [3.8, 4) is 5.75 Å². The molecule has 0 radical (unpaired) electrons. The predicted molar refractivity (Wildman–Crippen MR) is 92.2 cm³/mol. The summed E-state index contributed by atoms with van der Waals surface area (Å²) in [6, 6.07) is 12.2. The first-order valence-electron chi connectivity index (χ1n) is 8.27. The van der Waals surface area contributed by atoms with Crippen molar-refractivity contribution in [3.63, 3.8) is 0 Å². The summed E-state index contributed by atoms with van der Waals surface area (Å²) >= 11 is 0. The van der Waals surface area contributed by atoms with E-state index in [0.717, 1.165) is 31.4 Å². The lowest BCUT2D eigenvalue weighted by atomic mass is 9.95. The molecule has 1 aliphatic rings. The van der Waals surface area contributed by atoms with E-state index in [1.54, 1.807) is 0 Å². The molecule has 0 saturated carbocycles. The molecule has 2 nitrogen and oxygen atoms in total. The number of halogens is 2. The minimum Gasteiger partial charge on any atom is -0.505 e. The summed E-state index contributed by atoms with van der Waals surface area (Å²) in [4.78, 5) is 1.85. The average molecular weight is 329 g/mol. The minimum atomic E-state index is -0.781. The Morgan fingerprint density at radius 1 is 1.04 bits per heavy atom. The molecule has 0 amide bonds. The van der Waals surface area contributed by atoms with Gasteiger partial charge >= 0.3 is 0 Å². The van der Waals surface area contributed by atoms with Crippen molar-refractivity contribution < 1.29 is 13.9 Å². The highest BCUT2D eigenvalue weighted by Crippen LogP contribution is 2.30. The van der Waals surface area contributed by atoms with Crippen LogP contribution in [0, 0.1) is 17.6 Å². The molecule has 0 unspecified atom stereocenters. The Hall–Kier alpha value is -2.36. The second kappa shape index (κ2) is 7.47. The Bertz CT molecular complexity index is 707. The first-order chi connectivity index (χ1) is 11.6. The quantitative estimate of drug-likeness (QED) is 0.823. The number of hydrogen-bond acceptors (Lipinski definition) is 2. The Balaban J connectivity index is 1.55. The van der Waals surface area contributed by atoms with E-state index in [1.165, 1.54) is 5.56 Å². The second-order valence-electron chi connectivity index (χ2n) is 6.20. The fraction of sp³-hybridized carbons (Fsp3) is 0.300. The molecular formula is C20H21F2NO. The predicted octanol–water partition coefficient (Wildman–Crippen LogP) is 4.69. The molecular weight excluding hydrogens is 308 g/mol. The Morgan fingerprint density at radius 3 is 2.46 bits per heavy atom. The van der Waals surface area contributed by atoms with Crippen molar-refractivity contribution in [1.82, 2.24) is 0 Å². The number of nitrogens with zero attached hydrogens (tertiary/aromatic N) is 1. The summed E-state index contributed by atoms with van der Waals surface area (Å²) in [5, 5.41) is 9.21. The first kappa shape index (κ1) is 16.5. The fourth-order valence-electron chi connectivity index (χ4n) is 3.11. The highest BCUT2D eigenvalue weighted by molar-refractivity contribution is 5.51. The van der Waals surface area contributed by atoms with Crippen LogP contribution in [0.1, 0.15) is 18.4 Å². The molecule has 1 saturated heterocycles. The molecule has 1 aliphatic heterocycles. The molecule has 1 heterocycles. The summed E-state index contributed by atoms with van der Waals surface area (Å²) in [6.45, 7) is 1.36. The Kier molecular flexibility index (Phi) is 5.14. The van der Waals surface area contributed by atoms with E-state index in [4.69, 9.17) is 0 Å². The van der Waals surface area contributed by atoms with Crippen molar-refractivity contribution in [2.45, 2.75) is 19.3 Å². The first-order valence-corrected chi connectivity index (χ1v) is 8.27. The van der Waals surface area contributed by atoms with E-state index in [0.29, 0.717) is 19.0 Å². The molecule has 0 spiro atoms. The molecule has 0 bridgehead atoms. The zero-order chi connectivity index (χ0) is 16.9. The Labute approximate surface area is 141 Å². The van der Waals surface area contributed by atoms with Crippen LogP contribution in [-0.4, -0.2) is 18.2 Å². The number of aromatic hydroxyl groups is 1. The SMILES string of the molecule is Oc1cc(F)c(N2CCC(/C=C\Cc3ccccc3)CC2)cc1F. The number of phenolic OH excluding ortho intramolecular Hbond substituents is 1. The standard InChI is InChI=1S/C20H21F2NO/c21-17-14-20(24)18(22)13-19(17)23-11-9-16(10-12-23)8-4-7-15-5-2-1-3-6-15/h1-6,8,13-14,16,24H,7,9-12H2/b8-4-. The van der Waals surface area contributed by atoms with Crippen LogP contribution in [0.5, 0.6) is 5.75 Å². The van der Waals surface area contributed by atoms with Crippen molar-refractivity contribution in [1.29, 1.82) is 0 Å². The molecule has 1 fully saturated rings. The highest BCUT2D eigenvalue weighted by atomic mass is 19.1. The van der Waals surface area contributed by atoms with Crippen LogP contribution in [-0.2, 0) is 6.42 Å². The lowest BCUT2D eigenvalue weighted by Crippen LogP contribution is -2.33. The normalized spacial score (nSPS) is 16.0. The molecule has 2 aromatic carbocycles. The van der Waals surface area contributed by atoms with Gasteiger partial charge in [-0.25, -0.2) is 8.78 Å². The Morgan fingerprint density at radius 2 is 1.75 bits per heavy atom.